The molecule has 6 nitrogen and oxygen atoms in total. The summed E-state index contributed by atoms with van der Waals surface area (Å²) in [6, 6.07) is 0.433. The first-order valence-corrected chi connectivity index (χ1v) is 8.56. The summed E-state index contributed by atoms with van der Waals surface area (Å²) in [5.41, 5.74) is 0. The van der Waals surface area contributed by atoms with Gasteiger partial charge in [0.15, 0.2) is 0 Å². The monoisotopic (exact) mass is 305 g/mol. The highest BCUT2D eigenvalue weighted by atomic mass is 16.5. The van der Waals surface area contributed by atoms with E-state index in [-0.39, 0.29) is 0 Å². The SMILES string of the molecule is COc1nc(N2CCCCCC2)nc(N2CCCC(C)C2)n1. The molecule has 1 aromatic rings. The number of hydrogen-bond acceptors (Lipinski definition) is 6. The van der Waals surface area contributed by atoms with Gasteiger partial charge in [0.1, 0.15) is 0 Å². The number of hydrogen-bond donors (Lipinski definition) is 0. The molecule has 1 atom stereocenters. The molecular weight excluding hydrogens is 278 g/mol. The summed E-state index contributed by atoms with van der Waals surface area (Å²) in [4.78, 5) is 18.3. The predicted octanol–water partition coefficient (Wildman–Crippen LogP) is 2.50. The molecule has 2 fully saturated rings. The average molecular weight is 305 g/mol. The number of aromatic nitrogens is 3. The van der Waals surface area contributed by atoms with Crippen molar-refractivity contribution in [3.63, 3.8) is 0 Å². The van der Waals surface area contributed by atoms with E-state index in [4.69, 9.17) is 9.72 Å². The quantitative estimate of drug-likeness (QED) is 0.855. The second kappa shape index (κ2) is 7.11. The summed E-state index contributed by atoms with van der Waals surface area (Å²) in [5.74, 6) is 2.25. The number of ether oxygens (including phenoxy) is 1. The summed E-state index contributed by atoms with van der Waals surface area (Å²) < 4.78 is 5.32. The first kappa shape index (κ1) is 15.3. The van der Waals surface area contributed by atoms with Crippen molar-refractivity contribution in [1.29, 1.82) is 0 Å². The van der Waals surface area contributed by atoms with Gasteiger partial charge in [-0.3, -0.25) is 0 Å². The third kappa shape index (κ3) is 3.59. The summed E-state index contributed by atoms with van der Waals surface area (Å²) in [5, 5.41) is 0. The van der Waals surface area contributed by atoms with E-state index in [0.29, 0.717) is 11.9 Å². The summed E-state index contributed by atoms with van der Waals surface area (Å²) in [7, 11) is 1.63. The van der Waals surface area contributed by atoms with E-state index in [2.05, 4.69) is 26.7 Å². The topological polar surface area (TPSA) is 54.4 Å². The lowest BCUT2D eigenvalue weighted by Crippen LogP contribution is -2.36. The van der Waals surface area contributed by atoms with Crippen LogP contribution in [0.5, 0.6) is 6.01 Å². The number of piperidine rings is 1. The Hall–Kier alpha value is -1.59. The Morgan fingerprint density at radius 3 is 2.14 bits per heavy atom. The molecule has 2 aliphatic heterocycles. The molecule has 22 heavy (non-hydrogen) atoms. The van der Waals surface area contributed by atoms with Crippen LogP contribution in [0.3, 0.4) is 0 Å². The van der Waals surface area contributed by atoms with E-state index < -0.39 is 0 Å². The van der Waals surface area contributed by atoms with E-state index in [1.807, 2.05) is 0 Å². The van der Waals surface area contributed by atoms with Gasteiger partial charge in [-0.25, -0.2) is 0 Å². The van der Waals surface area contributed by atoms with Crippen molar-refractivity contribution in [2.75, 3.05) is 43.1 Å². The van der Waals surface area contributed by atoms with Crippen LogP contribution in [0.4, 0.5) is 11.9 Å². The molecule has 0 aliphatic carbocycles. The molecule has 0 spiro atoms. The molecule has 122 valence electrons. The Kier molecular flexibility index (Phi) is 4.95. The highest BCUT2D eigenvalue weighted by Crippen LogP contribution is 2.24. The van der Waals surface area contributed by atoms with Crippen LogP contribution in [0.1, 0.15) is 45.4 Å². The van der Waals surface area contributed by atoms with Gasteiger partial charge in [-0.05, 0) is 31.6 Å². The molecule has 0 radical (unpaired) electrons. The molecule has 1 aromatic heterocycles. The van der Waals surface area contributed by atoms with E-state index in [9.17, 15) is 0 Å². The molecule has 3 rings (SSSR count). The highest BCUT2D eigenvalue weighted by Gasteiger charge is 2.22. The first-order chi connectivity index (χ1) is 10.8. The van der Waals surface area contributed by atoms with Crippen LogP contribution in [0.25, 0.3) is 0 Å². The minimum atomic E-state index is 0.433. The van der Waals surface area contributed by atoms with Gasteiger partial charge in [-0.15, -0.1) is 0 Å². The Morgan fingerprint density at radius 2 is 1.50 bits per heavy atom. The maximum Gasteiger partial charge on any atom is 0.322 e. The average Bonchev–Trinajstić information content (AvgIpc) is 2.83. The lowest BCUT2D eigenvalue weighted by molar-refractivity contribution is 0.375. The normalized spacial score (nSPS) is 23.3. The third-order valence-electron chi connectivity index (χ3n) is 4.60. The van der Waals surface area contributed by atoms with E-state index in [1.54, 1.807) is 7.11 Å². The van der Waals surface area contributed by atoms with Crippen LogP contribution in [-0.4, -0.2) is 48.2 Å². The molecule has 0 bridgehead atoms. The van der Waals surface area contributed by atoms with E-state index >= 15 is 0 Å². The van der Waals surface area contributed by atoms with Gasteiger partial charge >= 0.3 is 6.01 Å². The molecule has 0 amide bonds. The maximum absolute atomic E-state index is 5.32. The minimum Gasteiger partial charge on any atom is -0.467 e. The van der Waals surface area contributed by atoms with Gasteiger partial charge in [0.05, 0.1) is 7.11 Å². The predicted molar refractivity (Wildman–Crippen MR) is 87.7 cm³/mol. The molecule has 2 saturated heterocycles. The van der Waals surface area contributed by atoms with Crippen LogP contribution in [0, 0.1) is 5.92 Å². The van der Waals surface area contributed by atoms with Crippen molar-refractivity contribution in [1.82, 2.24) is 15.0 Å². The molecule has 0 saturated carbocycles. The number of rotatable bonds is 3. The van der Waals surface area contributed by atoms with E-state index in [0.717, 1.165) is 38.1 Å². The van der Waals surface area contributed by atoms with E-state index in [1.165, 1.54) is 38.5 Å². The van der Waals surface area contributed by atoms with Crippen molar-refractivity contribution in [2.24, 2.45) is 5.92 Å². The fourth-order valence-corrected chi connectivity index (χ4v) is 3.35. The molecule has 0 aromatic carbocycles. The van der Waals surface area contributed by atoms with Gasteiger partial charge in [0, 0.05) is 26.2 Å². The zero-order chi connectivity index (χ0) is 15.4. The highest BCUT2D eigenvalue weighted by molar-refractivity contribution is 5.41. The zero-order valence-corrected chi connectivity index (χ0v) is 13.8. The standard InChI is InChI=1S/C16H27N5O/c1-13-8-7-11-21(12-13)15-17-14(18-16(19-15)22-2)20-9-5-3-4-6-10-20/h13H,3-12H2,1-2H3. The van der Waals surface area contributed by atoms with Gasteiger partial charge in [0.25, 0.3) is 0 Å². The Morgan fingerprint density at radius 1 is 0.864 bits per heavy atom. The van der Waals surface area contributed by atoms with Gasteiger partial charge < -0.3 is 14.5 Å². The fourth-order valence-electron chi connectivity index (χ4n) is 3.35. The molecule has 0 N–H and O–H groups in total. The Balaban J connectivity index is 1.85. The molecule has 3 heterocycles. The first-order valence-electron chi connectivity index (χ1n) is 8.56. The van der Waals surface area contributed by atoms with Crippen molar-refractivity contribution < 1.29 is 4.74 Å². The minimum absolute atomic E-state index is 0.433. The van der Waals surface area contributed by atoms with Gasteiger partial charge in [-0.2, -0.15) is 15.0 Å². The van der Waals surface area contributed by atoms with Crippen LogP contribution < -0.4 is 14.5 Å². The van der Waals surface area contributed by atoms with Gasteiger partial charge in [-0.1, -0.05) is 19.8 Å². The summed E-state index contributed by atoms with van der Waals surface area (Å²) in [6.07, 6.45) is 7.52. The smallest absolute Gasteiger partial charge is 0.322 e. The Labute approximate surface area is 132 Å². The Bertz CT molecular complexity index is 467. The third-order valence-corrected chi connectivity index (χ3v) is 4.60. The fraction of sp³-hybridized carbons (Fsp3) is 0.812. The number of methoxy groups -OCH3 is 1. The van der Waals surface area contributed by atoms with Crippen LogP contribution >= 0.6 is 0 Å². The zero-order valence-electron chi connectivity index (χ0n) is 13.8. The second-order valence-electron chi connectivity index (χ2n) is 6.52. The lowest BCUT2D eigenvalue weighted by Gasteiger charge is -2.31. The summed E-state index contributed by atoms with van der Waals surface area (Å²) in [6.45, 7) is 6.40. The molecule has 2 aliphatic rings. The summed E-state index contributed by atoms with van der Waals surface area (Å²) >= 11 is 0. The van der Waals surface area contributed by atoms with Crippen LogP contribution in [0.15, 0.2) is 0 Å². The molecule has 1 unspecified atom stereocenters. The van der Waals surface area contributed by atoms with Crippen molar-refractivity contribution in [3.05, 3.63) is 0 Å². The number of anilines is 2. The van der Waals surface area contributed by atoms with Gasteiger partial charge in [0.2, 0.25) is 11.9 Å². The lowest BCUT2D eigenvalue weighted by atomic mass is 10.0. The molecule has 6 heteroatoms. The van der Waals surface area contributed by atoms with Crippen LogP contribution in [-0.2, 0) is 0 Å². The number of nitrogens with zero attached hydrogens (tertiary/aromatic N) is 5. The molecular formula is C16H27N5O. The van der Waals surface area contributed by atoms with Crippen LogP contribution in [0.2, 0.25) is 0 Å². The second-order valence-corrected chi connectivity index (χ2v) is 6.52. The van der Waals surface area contributed by atoms with Crippen molar-refractivity contribution in [3.8, 4) is 6.01 Å². The largest absolute Gasteiger partial charge is 0.467 e. The van der Waals surface area contributed by atoms with Crippen molar-refractivity contribution >= 4 is 11.9 Å². The van der Waals surface area contributed by atoms with Crippen molar-refractivity contribution in [2.45, 2.75) is 45.4 Å². The maximum atomic E-state index is 5.32.